The Morgan fingerprint density at radius 3 is 2.08 bits per heavy atom. The van der Waals surface area contributed by atoms with Gasteiger partial charge in [-0.1, -0.05) is 18.2 Å². The van der Waals surface area contributed by atoms with E-state index in [1.54, 1.807) is 6.08 Å². The molecule has 130 valence electrons. The molecule has 1 saturated heterocycles. The molecule has 0 bridgehead atoms. The second-order valence-corrected chi connectivity index (χ2v) is 7.80. The molecule has 0 spiro atoms. The Labute approximate surface area is 140 Å². The fourth-order valence-corrected chi connectivity index (χ4v) is 3.30. The van der Waals surface area contributed by atoms with E-state index < -0.39 is 21.9 Å². The van der Waals surface area contributed by atoms with Gasteiger partial charge in [0.2, 0.25) is 0 Å². The van der Waals surface area contributed by atoms with Gasteiger partial charge in [0.25, 0.3) is 0 Å². The molecule has 24 heavy (non-hydrogen) atoms. The number of benzene rings is 1. The SMILES string of the molecule is CS(=O)(=O)c1ccc(/C(=C/C2CCN(C(=O)O)CC2)C(=O)O)cc1. The minimum atomic E-state index is -3.34. The number of rotatable bonds is 4. The topological polar surface area (TPSA) is 112 Å². The van der Waals surface area contributed by atoms with E-state index in [9.17, 15) is 23.1 Å². The molecule has 1 aromatic rings. The summed E-state index contributed by atoms with van der Waals surface area (Å²) in [7, 11) is -3.34. The van der Waals surface area contributed by atoms with Gasteiger partial charge in [0.15, 0.2) is 9.84 Å². The van der Waals surface area contributed by atoms with Gasteiger partial charge in [-0.15, -0.1) is 0 Å². The number of carboxylic acids is 1. The average molecular weight is 353 g/mol. The molecule has 0 aliphatic carbocycles. The zero-order chi connectivity index (χ0) is 17.9. The molecule has 0 saturated carbocycles. The predicted molar refractivity (Wildman–Crippen MR) is 87.5 cm³/mol. The Hall–Kier alpha value is -2.35. The van der Waals surface area contributed by atoms with Gasteiger partial charge in [0.05, 0.1) is 10.5 Å². The molecule has 0 atom stereocenters. The van der Waals surface area contributed by atoms with E-state index in [0.29, 0.717) is 31.5 Å². The third kappa shape index (κ3) is 4.35. The number of likely N-dealkylation sites (tertiary alicyclic amines) is 1. The van der Waals surface area contributed by atoms with Crippen molar-refractivity contribution in [1.82, 2.24) is 4.90 Å². The summed E-state index contributed by atoms with van der Waals surface area (Å²) in [6.07, 6.45) is 2.88. The molecule has 0 unspecified atom stereocenters. The summed E-state index contributed by atoms with van der Waals surface area (Å²) in [6, 6.07) is 5.72. The van der Waals surface area contributed by atoms with Crippen LogP contribution >= 0.6 is 0 Å². The smallest absolute Gasteiger partial charge is 0.407 e. The number of aliphatic carboxylic acids is 1. The maximum absolute atomic E-state index is 11.5. The lowest BCUT2D eigenvalue weighted by molar-refractivity contribution is -0.130. The highest BCUT2D eigenvalue weighted by atomic mass is 32.2. The number of amides is 1. The van der Waals surface area contributed by atoms with E-state index in [0.717, 1.165) is 6.26 Å². The number of sulfone groups is 1. The van der Waals surface area contributed by atoms with Crippen molar-refractivity contribution in [1.29, 1.82) is 0 Å². The summed E-state index contributed by atoms with van der Waals surface area (Å²) in [5.74, 6) is -1.12. The number of nitrogens with zero attached hydrogens (tertiary/aromatic N) is 1. The maximum Gasteiger partial charge on any atom is 0.407 e. The molecule has 7 nitrogen and oxygen atoms in total. The first-order valence-corrected chi connectivity index (χ1v) is 9.31. The molecule has 2 N–H and O–H groups in total. The molecule has 1 aliphatic rings. The summed E-state index contributed by atoms with van der Waals surface area (Å²) < 4.78 is 22.9. The van der Waals surface area contributed by atoms with Gasteiger partial charge in [0.1, 0.15) is 0 Å². The van der Waals surface area contributed by atoms with Crippen molar-refractivity contribution in [3.8, 4) is 0 Å². The lowest BCUT2D eigenvalue weighted by Crippen LogP contribution is -2.37. The number of piperidine rings is 1. The number of allylic oxidation sites excluding steroid dienone is 1. The summed E-state index contributed by atoms with van der Waals surface area (Å²) in [5.41, 5.74) is 0.527. The Balaban J connectivity index is 2.21. The molecule has 8 heteroatoms. The molecule has 1 fully saturated rings. The van der Waals surface area contributed by atoms with Gasteiger partial charge >= 0.3 is 12.1 Å². The number of hydrogen-bond donors (Lipinski definition) is 2. The van der Waals surface area contributed by atoms with Gasteiger partial charge in [-0.3, -0.25) is 0 Å². The largest absolute Gasteiger partial charge is 0.478 e. The van der Waals surface area contributed by atoms with E-state index >= 15 is 0 Å². The number of hydrogen-bond acceptors (Lipinski definition) is 4. The highest BCUT2D eigenvalue weighted by Gasteiger charge is 2.23. The number of carboxylic acid groups (broad SMARTS) is 2. The molecule has 0 radical (unpaired) electrons. The van der Waals surface area contributed by atoms with Crippen molar-refractivity contribution >= 4 is 27.5 Å². The quantitative estimate of drug-likeness (QED) is 0.800. The molecule has 0 aromatic heterocycles. The molecular weight excluding hydrogens is 334 g/mol. The standard InChI is InChI=1S/C16H19NO6S/c1-24(22,23)13-4-2-12(3-5-13)14(15(18)19)10-11-6-8-17(9-7-11)16(20)21/h2-5,10-11H,6-9H2,1H3,(H,18,19)(H,20,21)/b14-10-. The van der Waals surface area contributed by atoms with Crippen LogP contribution in [0.2, 0.25) is 0 Å². The first kappa shape index (κ1) is 18.0. The Bertz CT molecular complexity index is 758. The van der Waals surface area contributed by atoms with Crippen LogP contribution in [0.3, 0.4) is 0 Å². The van der Waals surface area contributed by atoms with Crippen molar-refractivity contribution in [3.63, 3.8) is 0 Å². The van der Waals surface area contributed by atoms with Gasteiger partial charge < -0.3 is 15.1 Å². The first-order chi connectivity index (χ1) is 11.2. The highest BCUT2D eigenvalue weighted by molar-refractivity contribution is 7.90. The summed E-state index contributed by atoms with van der Waals surface area (Å²) in [6.45, 7) is 0.743. The van der Waals surface area contributed by atoms with Crippen molar-refractivity contribution in [2.45, 2.75) is 17.7 Å². The van der Waals surface area contributed by atoms with Crippen LogP contribution in [-0.2, 0) is 14.6 Å². The Kier molecular flexibility index (Phi) is 5.28. The minimum absolute atomic E-state index is 0.0266. The van der Waals surface area contributed by atoms with E-state index in [2.05, 4.69) is 0 Å². The summed E-state index contributed by atoms with van der Waals surface area (Å²) >= 11 is 0. The lowest BCUT2D eigenvalue weighted by Gasteiger charge is -2.28. The van der Waals surface area contributed by atoms with E-state index in [1.165, 1.54) is 29.2 Å². The molecular formula is C16H19NO6S. The highest BCUT2D eigenvalue weighted by Crippen LogP contribution is 2.25. The van der Waals surface area contributed by atoms with Crippen molar-refractivity contribution < 1.29 is 28.2 Å². The van der Waals surface area contributed by atoms with Crippen LogP contribution in [0.25, 0.3) is 5.57 Å². The monoisotopic (exact) mass is 353 g/mol. The molecule has 2 rings (SSSR count). The Morgan fingerprint density at radius 1 is 1.12 bits per heavy atom. The zero-order valence-electron chi connectivity index (χ0n) is 13.2. The van der Waals surface area contributed by atoms with Crippen LogP contribution in [0.4, 0.5) is 4.79 Å². The van der Waals surface area contributed by atoms with E-state index in [4.69, 9.17) is 5.11 Å². The first-order valence-electron chi connectivity index (χ1n) is 7.42. The van der Waals surface area contributed by atoms with E-state index in [-0.39, 0.29) is 16.4 Å². The van der Waals surface area contributed by atoms with Crippen LogP contribution in [0.1, 0.15) is 18.4 Å². The minimum Gasteiger partial charge on any atom is -0.478 e. The second kappa shape index (κ2) is 7.04. The van der Waals surface area contributed by atoms with Crippen molar-refractivity contribution in [2.24, 2.45) is 5.92 Å². The van der Waals surface area contributed by atoms with Crippen LogP contribution in [0.15, 0.2) is 35.2 Å². The van der Waals surface area contributed by atoms with Gasteiger partial charge in [-0.25, -0.2) is 18.0 Å². The van der Waals surface area contributed by atoms with Crippen LogP contribution in [0, 0.1) is 5.92 Å². The maximum atomic E-state index is 11.5. The van der Waals surface area contributed by atoms with Crippen LogP contribution < -0.4 is 0 Å². The second-order valence-electron chi connectivity index (χ2n) is 5.79. The van der Waals surface area contributed by atoms with Crippen molar-refractivity contribution in [2.75, 3.05) is 19.3 Å². The van der Waals surface area contributed by atoms with Crippen LogP contribution in [0.5, 0.6) is 0 Å². The van der Waals surface area contributed by atoms with Gasteiger partial charge in [-0.2, -0.15) is 0 Å². The summed E-state index contributed by atoms with van der Waals surface area (Å²) in [5, 5.41) is 18.4. The fourth-order valence-electron chi connectivity index (χ4n) is 2.67. The fraction of sp³-hybridized carbons (Fsp3) is 0.375. The summed E-state index contributed by atoms with van der Waals surface area (Å²) in [4.78, 5) is 23.9. The predicted octanol–water partition coefficient (Wildman–Crippen LogP) is 1.95. The third-order valence-electron chi connectivity index (χ3n) is 4.04. The average Bonchev–Trinajstić information content (AvgIpc) is 2.52. The number of carbonyl (C=O) groups is 2. The van der Waals surface area contributed by atoms with Crippen LogP contribution in [-0.4, -0.2) is 54.9 Å². The Morgan fingerprint density at radius 2 is 1.67 bits per heavy atom. The van der Waals surface area contributed by atoms with E-state index in [1.807, 2.05) is 0 Å². The third-order valence-corrected chi connectivity index (χ3v) is 5.16. The zero-order valence-corrected chi connectivity index (χ0v) is 14.0. The normalized spacial score (nSPS) is 16.9. The van der Waals surface area contributed by atoms with Gasteiger partial charge in [0, 0.05) is 19.3 Å². The molecule has 1 aromatic carbocycles. The molecule has 1 amide bonds. The molecule has 1 aliphatic heterocycles. The lowest BCUT2D eigenvalue weighted by atomic mass is 9.92. The molecule has 1 heterocycles. The van der Waals surface area contributed by atoms with Gasteiger partial charge in [-0.05, 0) is 36.5 Å². The van der Waals surface area contributed by atoms with Crippen molar-refractivity contribution in [3.05, 3.63) is 35.9 Å².